The van der Waals surface area contributed by atoms with Crippen LogP contribution in [-0.2, 0) is 11.3 Å². The molecule has 4 heterocycles. The predicted molar refractivity (Wildman–Crippen MR) is 101 cm³/mol. The summed E-state index contributed by atoms with van der Waals surface area (Å²) in [5.74, 6) is 1.00. The minimum Gasteiger partial charge on any atom is -0.386 e. The van der Waals surface area contributed by atoms with Gasteiger partial charge in [-0.05, 0) is 63.7 Å². The number of ether oxygens (including phenoxy) is 1. The topological polar surface area (TPSA) is 50.5 Å². The van der Waals surface area contributed by atoms with Gasteiger partial charge in [-0.25, -0.2) is 4.98 Å². The van der Waals surface area contributed by atoms with Crippen molar-refractivity contribution >= 4 is 11.0 Å². The maximum atomic E-state index is 11.7. The molecule has 3 atom stereocenters. The van der Waals surface area contributed by atoms with E-state index in [0.29, 0.717) is 6.54 Å². The Morgan fingerprint density at radius 1 is 1.12 bits per heavy atom. The van der Waals surface area contributed by atoms with Crippen LogP contribution in [0.2, 0.25) is 0 Å². The van der Waals surface area contributed by atoms with Crippen LogP contribution in [0.4, 0.5) is 0 Å². The lowest BCUT2D eigenvalue weighted by atomic mass is 9.79. The Labute approximate surface area is 155 Å². The van der Waals surface area contributed by atoms with Gasteiger partial charge in [-0.3, -0.25) is 4.90 Å². The van der Waals surface area contributed by atoms with Crippen LogP contribution in [0.15, 0.2) is 24.3 Å². The van der Waals surface area contributed by atoms with E-state index in [2.05, 4.69) is 27.7 Å². The summed E-state index contributed by atoms with van der Waals surface area (Å²) in [5, 5.41) is 11.7. The van der Waals surface area contributed by atoms with E-state index in [0.717, 1.165) is 68.7 Å². The summed E-state index contributed by atoms with van der Waals surface area (Å²) in [4.78, 5) is 7.43. The van der Waals surface area contributed by atoms with Crippen LogP contribution in [-0.4, -0.2) is 50.9 Å². The van der Waals surface area contributed by atoms with Crippen LogP contribution in [0, 0.1) is 0 Å². The number of aromatic nitrogens is 2. The molecule has 0 spiro atoms. The van der Waals surface area contributed by atoms with Crippen molar-refractivity contribution in [2.45, 2.75) is 69.2 Å². The third kappa shape index (κ3) is 2.77. The van der Waals surface area contributed by atoms with Gasteiger partial charge in [-0.1, -0.05) is 18.6 Å². The molecule has 26 heavy (non-hydrogen) atoms. The maximum Gasteiger partial charge on any atom is 0.139 e. The summed E-state index contributed by atoms with van der Waals surface area (Å²) in [5.41, 5.74) is 1.47. The molecule has 1 aromatic carbocycles. The van der Waals surface area contributed by atoms with E-state index in [1.165, 1.54) is 12.8 Å². The first kappa shape index (κ1) is 16.7. The first-order valence-corrected chi connectivity index (χ1v) is 10.3. The van der Waals surface area contributed by atoms with Crippen LogP contribution in [0.5, 0.6) is 0 Å². The van der Waals surface area contributed by atoms with Crippen LogP contribution >= 0.6 is 0 Å². The number of fused-ring (bicyclic) bond motifs is 2. The standard InChI is InChI=1S/C21H29N3O2/c25-21(11-6-13-23-12-4-3-10-19(21)23)15-24-17-8-2-1-7-16(17)22-20(24)18-9-5-14-26-18/h1-2,7-8,18-19,25H,3-6,9-15H2/t18?,19-,21-/m1/s1. The molecule has 0 aliphatic carbocycles. The molecule has 2 aromatic rings. The molecular weight excluding hydrogens is 326 g/mol. The fourth-order valence-electron chi connectivity index (χ4n) is 5.37. The average molecular weight is 355 g/mol. The molecule has 0 amide bonds. The van der Waals surface area contributed by atoms with Gasteiger partial charge in [0.15, 0.2) is 0 Å². The molecule has 1 unspecified atom stereocenters. The quantitative estimate of drug-likeness (QED) is 0.918. The Kier molecular flexibility index (Phi) is 4.26. The number of rotatable bonds is 3. The van der Waals surface area contributed by atoms with Gasteiger partial charge in [-0.15, -0.1) is 0 Å². The molecule has 1 aromatic heterocycles. The highest BCUT2D eigenvalue weighted by atomic mass is 16.5. The highest BCUT2D eigenvalue weighted by Crippen LogP contribution is 2.38. The maximum absolute atomic E-state index is 11.7. The number of para-hydroxylation sites is 2. The molecule has 3 aliphatic rings. The molecule has 0 bridgehead atoms. The number of nitrogens with zero attached hydrogens (tertiary/aromatic N) is 3. The summed E-state index contributed by atoms with van der Waals surface area (Å²) in [7, 11) is 0. The van der Waals surface area contributed by atoms with Crippen molar-refractivity contribution in [3.63, 3.8) is 0 Å². The zero-order valence-electron chi connectivity index (χ0n) is 15.4. The van der Waals surface area contributed by atoms with E-state index in [-0.39, 0.29) is 12.1 Å². The van der Waals surface area contributed by atoms with Gasteiger partial charge in [0.1, 0.15) is 11.9 Å². The van der Waals surface area contributed by atoms with Crippen molar-refractivity contribution in [2.75, 3.05) is 19.7 Å². The third-order valence-electron chi connectivity index (χ3n) is 6.62. The second-order valence-corrected chi connectivity index (χ2v) is 8.30. The first-order valence-electron chi connectivity index (χ1n) is 10.3. The zero-order chi connectivity index (χ0) is 17.6. The van der Waals surface area contributed by atoms with Crippen molar-refractivity contribution in [2.24, 2.45) is 0 Å². The fourth-order valence-corrected chi connectivity index (χ4v) is 5.37. The summed E-state index contributed by atoms with van der Waals surface area (Å²) in [6, 6.07) is 8.59. The van der Waals surface area contributed by atoms with Crippen molar-refractivity contribution in [3.8, 4) is 0 Å². The van der Waals surface area contributed by atoms with E-state index in [1.54, 1.807) is 0 Å². The zero-order valence-corrected chi connectivity index (χ0v) is 15.4. The predicted octanol–water partition coefficient (Wildman–Crippen LogP) is 3.27. The molecule has 1 N–H and O–H groups in total. The SMILES string of the molecule is O[C@@]1(Cn2c(C3CCCO3)nc3ccccc32)CCCN2CCCC[C@@H]21. The highest BCUT2D eigenvalue weighted by molar-refractivity contribution is 5.76. The van der Waals surface area contributed by atoms with E-state index in [1.807, 2.05) is 6.07 Å². The Balaban J connectivity index is 1.54. The van der Waals surface area contributed by atoms with Crippen LogP contribution < -0.4 is 0 Å². The molecule has 3 fully saturated rings. The van der Waals surface area contributed by atoms with Crippen molar-refractivity contribution in [1.82, 2.24) is 14.5 Å². The summed E-state index contributed by atoms with van der Waals surface area (Å²) >= 11 is 0. The number of hydrogen-bond acceptors (Lipinski definition) is 4. The normalized spacial score (nSPS) is 32.8. The smallest absolute Gasteiger partial charge is 0.139 e. The first-order chi connectivity index (χ1) is 12.7. The van der Waals surface area contributed by atoms with Gasteiger partial charge in [0.05, 0.1) is 23.2 Å². The Morgan fingerprint density at radius 2 is 2.00 bits per heavy atom. The van der Waals surface area contributed by atoms with Crippen LogP contribution in [0.3, 0.4) is 0 Å². The summed E-state index contributed by atoms with van der Waals surface area (Å²) in [6.45, 7) is 3.71. The molecule has 140 valence electrons. The van der Waals surface area contributed by atoms with E-state index in [9.17, 15) is 5.11 Å². The number of imidazole rings is 1. The lowest BCUT2D eigenvalue weighted by molar-refractivity contribution is -0.104. The highest BCUT2D eigenvalue weighted by Gasteiger charge is 2.45. The van der Waals surface area contributed by atoms with E-state index >= 15 is 0 Å². The third-order valence-corrected chi connectivity index (χ3v) is 6.62. The van der Waals surface area contributed by atoms with Crippen molar-refractivity contribution in [1.29, 1.82) is 0 Å². The van der Waals surface area contributed by atoms with Crippen molar-refractivity contribution in [3.05, 3.63) is 30.1 Å². The van der Waals surface area contributed by atoms with E-state index < -0.39 is 5.60 Å². The molecule has 3 aliphatic heterocycles. The van der Waals surface area contributed by atoms with Gasteiger partial charge < -0.3 is 14.4 Å². The Morgan fingerprint density at radius 3 is 2.88 bits per heavy atom. The monoisotopic (exact) mass is 355 g/mol. The van der Waals surface area contributed by atoms with Crippen LogP contribution in [0.25, 0.3) is 11.0 Å². The molecule has 0 saturated carbocycles. The molecular formula is C21H29N3O2. The minimum atomic E-state index is -0.671. The number of hydrogen-bond donors (Lipinski definition) is 1. The fraction of sp³-hybridized carbons (Fsp3) is 0.667. The largest absolute Gasteiger partial charge is 0.386 e. The van der Waals surface area contributed by atoms with Gasteiger partial charge in [0.2, 0.25) is 0 Å². The minimum absolute atomic E-state index is 0.0667. The molecule has 0 radical (unpaired) electrons. The molecule has 5 rings (SSSR count). The number of aliphatic hydroxyl groups is 1. The summed E-state index contributed by atoms with van der Waals surface area (Å²) < 4.78 is 8.23. The second kappa shape index (κ2) is 6.63. The lowest BCUT2D eigenvalue weighted by Crippen LogP contribution is -2.60. The molecule has 5 nitrogen and oxygen atoms in total. The van der Waals surface area contributed by atoms with Crippen LogP contribution in [0.1, 0.15) is 56.9 Å². The lowest BCUT2D eigenvalue weighted by Gasteiger charge is -2.49. The van der Waals surface area contributed by atoms with Gasteiger partial charge in [0.25, 0.3) is 0 Å². The molecule has 5 heteroatoms. The van der Waals surface area contributed by atoms with Gasteiger partial charge in [-0.2, -0.15) is 0 Å². The Hall–Kier alpha value is -1.43. The van der Waals surface area contributed by atoms with Crippen molar-refractivity contribution < 1.29 is 9.84 Å². The second-order valence-electron chi connectivity index (χ2n) is 8.30. The number of benzene rings is 1. The average Bonchev–Trinajstić information content (AvgIpc) is 3.31. The van der Waals surface area contributed by atoms with Gasteiger partial charge in [0, 0.05) is 12.6 Å². The van der Waals surface area contributed by atoms with Gasteiger partial charge >= 0.3 is 0 Å². The summed E-state index contributed by atoms with van der Waals surface area (Å²) in [6.07, 6.45) is 7.75. The Bertz CT molecular complexity index is 781. The number of piperidine rings is 2. The molecule has 3 saturated heterocycles. The van der Waals surface area contributed by atoms with E-state index in [4.69, 9.17) is 9.72 Å².